The molecule has 0 saturated carbocycles. The van der Waals surface area contributed by atoms with Crippen LogP contribution in [0.3, 0.4) is 0 Å². The first-order valence-corrected chi connectivity index (χ1v) is 6.09. The van der Waals surface area contributed by atoms with E-state index in [2.05, 4.69) is 9.72 Å². The zero-order valence-corrected chi connectivity index (χ0v) is 10.2. The Hall–Kier alpha value is -1.42. The van der Waals surface area contributed by atoms with E-state index in [1.165, 1.54) is 12.1 Å². The maximum atomic E-state index is 12.2. The number of aryl methyl sites for hydroxylation is 1. The summed E-state index contributed by atoms with van der Waals surface area (Å²) in [7, 11) is 0. The number of halogens is 3. The lowest BCUT2D eigenvalue weighted by atomic mass is 10.1. The van der Waals surface area contributed by atoms with Crippen LogP contribution in [0.5, 0.6) is 5.75 Å². The van der Waals surface area contributed by atoms with Gasteiger partial charge in [0.15, 0.2) is 0 Å². The van der Waals surface area contributed by atoms with Crippen molar-refractivity contribution >= 4 is 22.5 Å². The van der Waals surface area contributed by atoms with Crippen molar-refractivity contribution in [3.63, 3.8) is 0 Å². The summed E-state index contributed by atoms with van der Waals surface area (Å²) in [4.78, 5) is 4.51. The lowest BCUT2D eigenvalue weighted by Gasteiger charge is -2.09. The van der Waals surface area contributed by atoms with Crippen molar-refractivity contribution in [2.45, 2.75) is 25.9 Å². The number of pyridine rings is 1. The van der Waals surface area contributed by atoms with Gasteiger partial charge in [-0.2, -0.15) is 8.78 Å². The van der Waals surface area contributed by atoms with Crippen molar-refractivity contribution in [2.75, 3.05) is 0 Å². The molecule has 0 amide bonds. The van der Waals surface area contributed by atoms with Gasteiger partial charge in [0.05, 0.1) is 10.5 Å². The van der Waals surface area contributed by atoms with E-state index in [1.54, 1.807) is 6.07 Å². The fraction of sp³-hybridized carbons (Fsp3) is 0.308. The van der Waals surface area contributed by atoms with E-state index in [9.17, 15) is 8.78 Å². The predicted molar refractivity (Wildman–Crippen MR) is 65.4 cm³/mol. The van der Waals surface area contributed by atoms with Gasteiger partial charge < -0.3 is 4.74 Å². The molecule has 0 aliphatic heterocycles. The van der Waals surface area contributed by atoms with Crippen LogP contribution in [0.4, 0.5) is 8.78 Å². The first-order chi connectivity index (χ1) is 8.65. The summed E-state index contributed by atoms with van der Waals surface area (Å²) in [5, 5.41) is 1.29. The highest BCUT2D eigenvalue weighted by atomic mass is 35.5. The fourth-order valence-corrected chi connectivity index (χ4v) is 2.72. The number of rotatable bonds is 2. The van der Waals surface area contributed by atoms with Gasteiger partial charge in [-0.05, 0) is 43.0 Å². The maximum absolute atomic E-state index is 12.2. The predicted octanol–water partition coefficient (Wildman–Crippen LogP) is 3.98. The van der Waals surface area contributed by atoms with E-state index < -0.39 is 6.61 Å². The second-order valence-corrected chi connectivity index (χ2v) is 4.64. The Kier molecular flexibility index (Phi) is 2.82. The number of fused-ring (bicyclic) bond motifs is 2. The molecule has 5 heteroatoms. The number of alkyl halides is 2. The summed E-state index contributed by atoms with van der Waals surface area (Å²) in [6.45, 7) is -2.83. The molecule has 1 aromatic carbocycles. The van der Waals surface area contributed by atoms with Crippen LogP contribution in [0.15, 0.2) is 18.2 Å². The Morgan fingerprint density at radius 3 is 2.89 bits per heavy atom. The molecule has 1 aromatic heterocycles. The number of nitrogens with zero attached hydrogens (tertiary/aromatic N) is 1. The van der Waals surface area contributed by atoms with Crippen molar-refractivity contribution in [1.82, 2.24) is 4.98 Å². The smallest absolute Gasteiger partial charge is 0.387 e. The molecule has 1 heterocycles. The molecule has 0 fully saturated rings. The van der Waals surface area contributed by atoms with E-state index in [-0.39, 0.29) is 5.75 Å². The van der Waals surface area contributed by atoms with Crippen molar-refractivity contribution in [3.05, 3.63) is 34.5 Å². The first-order valence-electron chi connectivity index (χ1n) is 5.71. The normalized spacial score (nSPS) is 14.2. The minimum atomic E-state index is -2.83. The molecule has 0 atom stereocenters. The van der Waals surface area contributed by atoms with Crippen molar-refractivity contribution in [2.24, 2.45) is 0 Å². The summed E-state index contributed by atoms with van der Waals surface area (Å²) in [6.07, 6.45) is 2.87. The lowest BCUT2D eigenvalue weighted by Crippen LogP contribution is -2.02. The van der Waals surface area contributed by atoms with Crippen molar-refractivity contribution < 1.29 is 13.5 Å². The molecule has 0 unspecified atom stereocenters. The summed E-state index contributed by atoms with van der Waals surface area (Å²) < 4.78 is 28.7. The van der Waals surface area contributed by atoms with E-state index in [1.807, 2.05) is 0 Å². The van der Waals surface area contributed by atoms with E-state index in [0.29, 0.717) is 10.4 Å². The van der Waals surface area contributed by atoms with Gasteiger partial charge in [0.2, 0.25) is 0 Å². The number of ether oxygens (including phenoxy) is 1. The zero-order chi connectivity index (χ0) is 12.7. The van der Waals surface area contributed by atoms with Crippen LogP contribution < -0.4 is 4.74 Å². The topological polar surface area (TPSA) is 22.1 Å². The molecule has 0 spiro atoms. The van der Waals surface area contributed by atoms with E-state index >= 15 is 0 Å². The SMILES string of the molecule is FC(F)Oc1ccc2nc3c(c(Cl)c2c1)CCC3. The van der Waals surface area contributed by atoms with Gasteiger partial charge in [-0.1, -0.05) is 11.6 Å². The van der Waals surface area contributed by atoms with Crippen LogP contribution in [-0.4, -0.2) is 11.6 Å². The third-order valence-electron chi connectivity index (χ3n) is 3.14. The summed E-state index contributed by atoms with van der Waals surface area (Å²) >= 11 is 6.31. The Morgan fingerprint density at radius 1 is 1.28 bits per heavy atom. The largest absolute Gasteiger partial charge is 0.435 e. The molecule has 2 nitrogen and oxygen atoms in total. The number of benzene rings is 1. The van der Waals surface area contributed by atoms with Gasteiger partial charge in [-0.3, -0.25) is 4.98 Å². The van der Waals surface area contributed by atoms with Crippen LogP contribution in [-0.2, 0) is 12.8 Å². The molecular weight excluding hydrogens is 260 g/mol. The molecule has 3 rings (SSSR count). The molecule has 1 aliphatic rings. The average Bonchev–Trinajstić information content (AvgIpc) is 2.78. The molecule has 94 valence electrons. The fourth-order valence-electron chi connectivity index (χ4n) is 2.36. The molecule has 0 saturated heterocycles. The Labute approximate surface area is 108 Å². The van der Waals surface area contributed by atoms with Gasteiger partial charge in [-0.15, -0.1) is 0 Å². The Morgan fingerprint density at radius 2 is 2.11 bits per heavy atom. The van der Waals surface area contributed by atoms with Gasteiger partial charge >= 0.3 is 6.61 Å². The van der Waals surface area contributed by atoms with Gasteiger partial charge in [-0.25, -0.2) is 0 Å². The molecule has 1 aliphatic carbocycles. The monoisotopic (exact) mass is 269 g/mol. The highest BCUT2D eigenvalue weighted by Gasteiger charge is 2.19. The van der Waals surface area contributed by atoms with E-state index in [0.717, 1.165) is 36.0 Å². The molecular formula is C13H10ClF2NO. The summed E-state index contributed by atoms with van der Waals surface area (Å²) in [5.41, 5.74) is 2.79. The molecule has 0 bridgehead atoms. The third-order valence-corrected chi connectivity index (χ3v) is 3.57. The Balaban J connectivity index is 2.16. The lowest BCUT2D eigenvalue weighted by molar-refractivity contribution is -0.0497. The van der Waals surface area contributed by atoms with Crippen molar-refractivity contribution in [3.8, 4) is 5.75 Å². The van der Waals surface area contributed by atoms with Crippen LogP contribution >= 0.6 is 11.6 Å². The van der Waals surface area contributed by atoms with Crippen LogP contribution in [0, 0.1) is 0 Å². The molecule has 0 N–H and O–H groups in total. The third kappa shape index (κ3) is 1.90. The highest BCUT2D eigenvalue weighted by Crippen LogP contribution is 2.35. The number of hydrogen-bond donors (Lipinski definition) is 0. The number of hydrogen-bond acceptors (Lipinski definition) is 2. The average molecular weight is 270 g/mol. The van der Waals surface area contributed by atoms with Gasteiger partial charge in [0.25, 0.3) is 0 Å². The number of aromatic nitrogens is 1. The van der Waals surface area contributed by atoms with Crippen LogP contribution in [0.2, 0.25) is 5.02 Å². The molecule has 0 radical (unpaired) electrons. The summed E-state index contributed by atoms with van der Waals surface area (Å²) in [5.74, 6) is 0.110. The minimum absolute atomic E-state index is 0.110. The molecule has 2 aromatic rings. The van der Waals surface area contributed by atoms with Crippen LogP contribution in [0.25, 0.3) is 10.9 Å². The Bertz CT molecular complexity index is 615. The van der Waals surface area contributed by atoms with Crippen LogP contribution in [0.1, 0.15) is 17.7 Å². The first kappa shape index (κ1) is 11.7. The second-order valence-electron chi connectivity index (χ2n) is 4.26. The van der Waals surface area contributed by atoms with Gasteiger partial charge in [0.1, 0.15) is 5.75 Å². The quantitative estimate of drug-likeness (QED) is 0.823. The van der Waals surface area contributed by atoms with Crippen molar-refractivity contribution in [1.29, 1.82) is 0 Å². The standard InChI is InChI=1S/C13H10ClF2NO/c14-12-8-2-1-3-10(8)17-11-5-4-7(6-9(11)12)18-13(15)16/h4-6,13H,1-3H2. The second kappa shape index (κ2) is 4.35. The highest BCUT2D eigenvalue weighted by molar-refractivity contribution is 6.36. The van der Waals surface area contributed by atoms with Gasteiger partial charge in [0, 0.05) is 11.1 Å². The maximum Gasteiger partial charge on any atom is 0.387 e. The van der Waals surface area contributed by atoms with E-state index in [4.69, 9.17) is 11.6 Å². The minimum Gasteiger partial charge on any atom is -0.435 e. The molecule has 18 heavy (non-hydrogen) atoms. The zero-order valence-electron chi connectivity index (χ0n) is 9.42. The summed E-state index contributed by atoms with van der Waals surface area (Å²) in [6, 6.07) is 4.67.